The molecule has 0 saturated carbocycles. The number of Topliss-reactive ketones (excluding diaryl/α,β-unsaturated/α-hetero) is 1. The maximum Gasteiger partial charge on any atom is 0.255 e. The molecule has 30 heavy (non-hydrogen) atoms. The third-order valence-corrected chi connectivity index (χ3v) is 6.18. The maximum absolute atomic E-state index is 13.4. The predicted molar refractivity (Wildman–Crippen MR) is 112 cm³/mol. The molecule has 5 heteroatoms. The molecular formula is C25H21NO4. The molecule has 150 valence electrons. The van der Waals surface area contributed by atoms with Gasteiger partial charge in [-0.3, -0.25) is 9.59 Å². The topological polar surface area (TPSA) is 55.8 Å². The number of hydrogen-bond donors (Lipinski definition) is 0. The van der Waals surface area contributed by atoms with E-state index in [2.05, 4.69) is 12.1 Å². The number of benzene rings is 3. The van der Waals surface area contributed by atoms with E-state index >= 15 is 0 Å². The van der Waals surface area contributed by atoms with Crippen LogP contribution in [-0.2, 0) is 12.0 Å². The minimum atomic E-state index is -0.780. The summed E-state index contributed by atoms with van der Waals surface area (Å²) in [6, 6.07) is 21.3. The molecule has 1 unspecified atom stereocenters. The second kappa shape index (κ2) is 6.73. The molecule has 0 aromatic heterocycles. The van der Waals surface area contributed by atoms with Crippen molar-refractivity contribution in [3.8, 4) is 11.5 Å². The summed E-state index contributed by atoms with van der Waals surface area (Å²) in [6.45, 7) is 0.0306. The van der Waals surface area contributed by atoms with Gasteiger partial charge in [-0.05, 0) is 34.9 Å². The third-order valence-electron chi connectivity index (χ3n) is 6.18. The molecule has 0 bridgehead atoms. The summed E-state index contributed by atoms with van der Waals surface area (Å²) in [5.74, 6) is 0.826. The van der Waals surface area contributed by atoms with Crippen molar-refractivity contribution < 1.29 is 19.1 Å². The Labute approximate surface area is 174 Å². The van der Waals surface area contributed by atoms with E-state index in [-0.39, 0.29) is 18.2 Å². The van der Waals surface area contributed by atoms with Crippen LogP contribution < -0.4 is 9.47 Å². The van der Waals surface area contributed by atoms with Crippen LogP contribution in [0.15, 0.2) is 66.7 Å². The van der Waals surface area contributed by atoms with Gasteiger partial charge >= 0.3 is 0 Å². The van der Waals surface area contributed by atoms with Gasteiger partial charge in [0.2, 0.25) is 0 Å². The van der Waals surface area contributed by atoms with Crippen molar-refractivity contribution in [1.29, 1.82) is 0 Å². The van der Waals surface area contributed by atoms with Crippen LogP contribution in [0.1, 0.15) is 37.4 Å². The molecule has 1 atom stereocenters. The van der Waals surface area contributed by atoms with Crippen LogP contribution in [0.3, 0.4) is 0 Å². The molecule has 5 nitrogen and oxygen atoms in total. The minimum Gasteiger partial charge on any atom is -0.493 e. The average molecular weight is 399 g/mol. The Morgan fingerprint density at radius 1 is 0.833 bits per heavy atom. The first-order valence-corrected chi connectivity index (χ1v) is 9.85. The summed E-state index contributed by atoms with van der Waals surface area (Å²) in [6.07, 6.45) is 0.562. The van der Waals surface area contributed by atoms with E-state index in [0.29, 0.717) is 29.0 Å². The normalized spacial score (nSPS) is 19.2. The van der Waals surface area contributed by atoms with Gasteiger partial charge in [0, 0.05) is 17.5 Å². The van der Waals surface area contributed by atoms with Crippen LogP contribution >= 0.6 is 0 Å². The zero-order chi connectivity index (χ0) is 20.9. The lowest BCUT2D eigenvalue weighted by Gasteiger charge is -2.44. The standard InChI is InChI=1S/C25H21NO4/c1-29-22-12-18-20(13-23(22)30-2)25(14-16-8-4-3-5-9-16)19-11-7-6-10-17(19)24(28)26(25)15-21(18)27/h3-13H,14-15H2,1-2H3. The number of methoxy groups -OCH3 is 2. The quantitative estimate of drug-likeness (QED) is 0.669. The monoisotopic (exact) mass is 399 g/mol. The highest BCUT2D eigenvalue weighted by molar-refractivity contribution is 6.09. The molecule has 0 spiro atoms. The summed E-state index contributed by atoms with van der Waals surface area (Å²) >= 11 is 0. The van der Waals surface area contributed by atoms with E-state index in [0.717, 1.165) is 16.7 Å². The van der Waals surface area contributed by atoms with Crippen molar-refractivity contribution in [2.24, 2.45) is 0 Å². The zero-order valence-electron chi connectivity index (χ0n) is 16.8. The van der Waals surface area contributed by atoms with Crippen LogP contribution in [0.25, 0.3) is 0 Å². The molecule has 5 rings (SSSR count). The molecule has 0 saturated heterocycles. The molecule has 0 radical (unpaired) electrons. The van der Waals surface area contributed by atoms with E-state index in [9.17, 15) is 9.59 Å². The molecule has 2 heterocycles. The number of nitrogens with zero attached hydrogens (tertiary/aromatic N) is 1. The Bertz CT molecular complexity index is 1170. The highest BCUT2D eigenvalue weighted by Crippen LogP contribution is 2.51. The largest absolute Gasteiger partial charge is 0.493 e. The van der Waals surface area contributed by atoms with Crippen LogP contribution in [0.4, 0.5) is 0 Å². The molecule has 0 N–H and O–H groups in total. The summed E-state index contributed by atoms with van der Waals surface area (Å²) in [7, 11) is 3.13. The van der Waals surface area contributed by atoms with Crippen LogP contribution in [0.2, 0.25) is 0 Å². The molecule has 2 aliphatic rings. The summed E-state index contributed by atoms with van der Waals surface area (Å²) in [5.41, 5.74) is 3.21. The smallest absolute Gasteiger partial charge is 0.255 e. The first-order valence-electron chi connectivity index (χ1n) is 9.85. The number of ketones is 1. The minimum absolute atomic E-state index is 0.0306. The highest BCUT2D eigenvalue weighted by atomic mass is 16.5. The van der Waals surface area contributed by atoms with Crippen molar-refractivity contribution >= 4 is 11.7 Å². The highest BCUT2D eigenvalue weighted by Gasteiger charge is 2.55. The van der Waals surface area contributed by atoms with Crippen molar-refractivity contribution in [3.63, 3.8) is 0 Å². The fourth-order valence-corrected chi connectivity index (χ4v) is 4.85. The first-order chi connectivity index (χ1) is 14.6. The van der Waals surface area contributed by atoms with Gasteiger partial charge in [0.25, 0.3) is 5.91 Å². The number of ether oxygens (including phenoxy) is 2. The number of hydrogen-bond acceptors (Lipinski definition) is 4. The molecule has 3 aromatic rings. The third kappa shape index (κ3) is 2.41. The Hall–Kier alpha value is -3.60. The van der Waals surface area contributed by atoms with Crippen molar-refractivity contribution in [3.05, 3.63) is 94.5 Å². The summed E-state index contributed by atoms with van der Waals surface area (Å²) < 4.78 is 11.0. The van der Waals surface area contributed by atoms with Crippen LogP contribution in [-0.4, -0.2) is 37.4 Å². The number of carbonyl (C=O) groups excluding carboxylic acids is 2. The van der Waals surface area contributed by atoms with Crippen LogP contribution in [0, 0.1) is 0 Å². The number of fused-ring (bicyclic) bond motifs is 5. The fraction of sp³-hybridized carbons (Fsp3) is 0.200. The number of amides is 1. The summed E-state index contributed by atoms with van der Waals surface area (Å²) in [5, 5.41) is 0. The van der Waals surface area contributed by atoms with E-state index < -0.39 is 5.54 Å². The summed E-state index contributed by atoms with van der Waals surface area (Å²) in [4.78, 5) is 28.2. The zero-order valence-corrected chi connectivity index (χ0v) is 16.8. The van der Waals surface area contributed by atoms with Gasteiger partial charge in [-0.1, -0.05) is 48.5 Å². The van der Waals surface area contributed by atoms with E-state index in [1.54, 1.807) is 25.2 Å². The van der Waals surface area contributed by atoms with E-state index in [1.165, 1.54) is 0 Å². The Kier molecular flexibility index (Phi) is 4.13. The van der Waals surface area contributed by atoms with Crippen molar-refractivity contribution in [2.75, 3.05) is 20.8 Å². The fourth-order valence-electron chi connectivity index (χ4n) is 4.85. The second-order valence-electron chi connectivity index (χ2n) is 7.64. The number of carbonyl (C=O) groups is 2. The Balaban J connectivity index is 1.85. The molecule has 0 fully saturated rings. The lowest BCUT2D eigenvalue weighted by molar-refractivity contribution is 0.0546. The lowest BCUT2D eigenvalue weighted by Crippen LogP contribution is -2.52. The Morgan fingerprint density at radius 3 is 2.23 bits per heavy atom. The van der Waals surface area contributed by atoms with Gasteiger partial charge in [0.05, 0.1) is 26.3 Å². The maximum atomic E-state index is 13.4. The molecule has 0 aliphatic carbocycles. The molecule has 3 aromatic carbocycles. The Morgan fingerprint density at radius 2 is 1.50 bits per heavy atom. The second-order valence-corrected chi connectivity index (χ2v) is 7.64. The van der Waals surface area contributed by atoms with Gasteiger partial charge in [0.15, 0.2) is 17.3 Å². The van der Waals surface area contributed by atoms with Crippen LogP contribution in [0.5, 0.6) is 11.5 Å². The average Bonchev–Trinajstić information content (AvgIpc) is 3.02. The van der Waals surface area contributed by atoms with Crippen molar-refractivity contribution in [2.45, 2.75) is 12.0 Å². The van der Waals surface area contributed by atoms with E-state index in [1.807, 2.05) is 48.5 Å². The molecule has 2 aliphatic heterocycles. The SMILES string of the molecule is COc1cc2c(cc1OC)C1(Cc3ccccc3)c3ccccc3C(=O)N1CC2=O. The van der Waals surface area contributed by atoms with E-state index in [4.69, 9.17) is 9.47 Å². The van der Waals surface area contributed by atoms with Gasteiger partial charge in [-0.2, -0.15) is 0 Å². The predicted octanol–water partition coefficient (Wildman–Crippen LogP) is 3.84. The lowest BCUT2D eigenvalue weighted by atomic mass is 9.73. The first kappa shape index (κ1) is 18.4. The molecule has 1 amide bonds. The van der Waals surface area contributed by atoms with Gasteiger partial charge in [-0.15, -0.1) is 0 Å². The van der Waals surface area contributed by atoms with Gasteiger partial charge < -0.3 is 14.4 Å². The van der Waals surface area contributed by atoms with Gasteiger partial charge in [-0.25, -0.2) is 0 Å². The number of rotatable bonds is 4. The van der Waals surface area contributed by atoms with Gasteiger partial charge in [0.1, 0.15) is 0 Å². The molecular weight excluding hydrogens is 378 g/mol. The van der Waals surface area contributed by atoms with Crippen molar-refractivity contribution in [1.82, 2.24) is 4.90 Å².